The molecule has 0 saturated heterocycles. The van der Waals surface area contributed by atoms with Crippen molar-refractivity contribution < 1.29 is 0 Å². The van der Waals surface area contributed by atoms with E-state index in [0.717, 1.165) is 5.69 Å². The standard InChI is InChI=1S/C14H18N2/c1-2-3-4-5-12-6-8-13(9-7-12)14-10-15-11-16-14/h6-11H,2-5H2,1H3,(H,15,16). The number of rotatable bonds is 5. The number of aromatic nitrogens is 2. The Kier molecular flexibility index (Phi) is 3.76. The third-order valence-electron chi connectivity index (χ3n) is 2.83. The van der Waals surface area contributed by atoms with Crippen LogP contribution >= 0.6 is 0 Å². The zero-order valence-electron chi connectivity index (χ0n) is 9.74. The molecule has 0 unspecified atom stereocenters. The number of hydrogen-bond acceptors (Lipinski definition) is 1. The van der Waals surface area contributed by atoms with Crippen LogP contribution in [0.4, 0.5) is 0 Å². The Morgan fingerprint density at radius 1 is 1.12 bits per heavy atom. The average molecular weight is 214 g/mol. The van der Waals surface area contributed by atoms with Gasteiger partial charge in [-0.15, -0.1) is 0 Å². The quantitative estimate of drug-likeness (QED) is 0.753. The average Bonchev–Trinajstić information content (AvgIpc) is 2.84. The lowest BCUT2D eigenvalue weighted by atomic mass is 10.0. The lowest BCUT2D eigenvalue weighted by Crippen LogP contribution is -1.85. The van der Waals surface area contributed by atoms with Crippen molar-refractivity contribution in [2.45, 2.75) is 32.6 Å². The highest BCUT2D eigenvalue weighted by molar-refractivity contribution is 5.58. The molecule has 0 amide bonds. The summed E-state index contributed by atoms with van der Waals surface area (Å²) in [6.45, 7) is 2.24. The number of nitrogens with one attached hydrogen (secondary N) is 1. The molecule has 0 atom stereocenters. The van der Waals surface area contributed by atoms with Crippen molar-refractivity contribution in [2.75, 3.05) is 0 Å². The van der Waals surface area contributed by atoms with Crippen molar-refractivity contribution in [3.05, 3.63) is 42.4 Å². The highest BCUT2D eigenvalue weighted by Crippen LogP contribution is 2.17. The fourth-order valence-electron chi connectivity index (χ4n) is 1.84. The summed E-state index contributed by atoms with van der Waals surface area (Å²) in [7, 11) is 0. The van der Waals surface area contributed by atoms with Crippen molar-refractivity contribution in [3.63, 3.8) is 0 Å². The SMILES string of the molecule is CCCCCc1ccc(-c2cnc[nH]2)cc1. The van der Waals surface area contributed by atoms with Crippen molar-refractivity contribution in [1.29, 1.82) is 0 Å². The molecule has 1 N–H and O–H groups in total. The Bertz CT molecular complexity index is 401. The van der Waals surface area contributed by atoms with Gasteiger partial charge in [-0.3, -0.25) is 0 Å². The van der Waals surface area contributed by atoms with Crippen LogP contribution in [0.5, 0.6) is 0 Å². The molecule has 0 fully saturated rings. The second-order valence-corrected chi connectivity index (χ2v) is 4.12. The molecule has 16 heavy (non-hydrogen) atoms. The van der Waals surface area contributed by atoms with Gasteiger partial charge in [0.1, 0.15) is 0 Å². The van der Waals surface area contributed by atoms with E-state index in [2.05, 4.69) is 41.2 Å². The molecule has 0 spiro atoms. The van der Waals surface area contributed by atoms with E-state index in [9.17, 15) is 0 Å². The van der Waals surface area contributed by atoms with Gasteiger partial charge in [0.15, 0.2) is 0 Å². The first-order valence-corrected chi connectivity index (χ1v) is 5.98. The molecule has 1 heterocycles. The Morgan fingerprint density at radius 3 is 2.56 bits per heavy atom. The Labute approximate surface area is 96.7 Å². The van der Waals surface area contributed by atoms with Gasteiger partial charge in [0.05, 0.1) is 18.2 Å². The fraction of sp³-hybridized carbons (Fsp3) is 0.357. The number of nitrogens with zero attached hydrogens (tertiary/aromatic N) is 1. The summed E-state index contributed by atoms with van der Waals surface area (Å²) in [6.07, 6.45) is 8.65. The lowest BCUT2D eigenvalue weighted by Gasteiger charge is -2.02. The Hall–Kier alpha value is -1.57. The van der Waals surface area contributed by atoms with Crippen LogP contribution in [0, 0.1) is 0 Å². The summed E-state index contributed by atoms with van der Waals surface area (Å²) >= 11 is 0. The molecule has 2 aromatic rings. The number of H-pyrrole nitrogens is 1. The van der Waals surface area contributed by atoms with Crippen molar-refractivity contribution in [3.8, 4) is 11.3 Å². The zero-order valence-corrected chi connectivity index (χ0v) is 9.74. The van der Waals surface area contributed by atoms with E-state index in [0.29, 0.717) is 0 Å². The summed E-state index contributed by atoms with van der Waals surface area (Å²) in [5, 5.41) is 0. The van der Waals surface area contributed by atoms with Gasteiger partial charge in [0.25, 0.3) is 0 Å². The molecule has 1 aromatic heterocycles. The Balaban J connectivity index is 2.00. The normalized spacial score (nSPS) is 10.6. The van der Waals surface area contributed by atoms with Gasteiger partial charge in [-0.1, -0.05) is 44.0 Å². The van der Waals surface area contributed by atoms with Gasteiger partial charge < -0.3 is 4.98 Å². The first-order chi connectivity index (χ1) is 7.90. The first-order valence-electron chi connectivity index (χ1n) is 5.98. The van der Waals surface area contributed by atoms with Gasteiger partial charge in [-0.25, -0.2) is 4.98 Å². The second-order valence-electron chi connectivity index (χ2n) is 4.12. The number of benzene rings is 1. The van der Waals surface area contributed by atoms with Gasteiger partial charge in [-0.2, -0.15) is 0 Å². The molecule has 2 rings (SSSR count). The topological polar surface area (TPSA) is 28.7 Å². The maximum atomic E-state index is 4.03. The van der Waals surface area contributed by atoms with Crippen LogP contribution in [0.1, 0.15) is 31.7 Å². The third-order valence-corrected chi connectivity index (χ3v) is 2.83. The van der Waals surface area contributed by atoms with Gasteiger partial charge in [0.2, 0.25) is 0 Å². The van der Waals surface area contributed by atoms with Crippen LogP contribution in [-0.2, 0) is 6.42 Å². The number of aromatic amines is 1. The molecule has 0 aliphatic carbocycles. The molecule has 2 heteroatoms. The van der Waals surface area contributed by atoms with Crippen LogP contribution in [0.15, 0.2) is 36.8 Å². The summed E-state index contributed by atoms with van der Waals surface area (Å²) in [5.41, 5.74) is 3.72. The minimum Gasteiger partial charge on any atom is -0.345 e. The number of imidazole rings is 1. The Morgan fingerprint density at radius 2 is 1.94 bits per heavy atom. The van der Waals surface area contributed by atoms with E-state index in [-0.39, 0.29) is 0 Å². The molecule has 2 nitrogen and oxygen atoms in total. The maximum Gasteiger partial charge on any atom is 0.0924 e. The molecule has 0 bridgehead atoms. The van der Waals surface area contributed by atoms with E-state index in [1.807, 2.05) is 6.20 Å². The number of unbranched alkanes of at least 4 members (excludes halogenated alkanes) is 2. The molecule has 84 valence electrons. The monoisotopic (exact) mass is 214 g/mol. The predicted octanol–water partition coefficient (Wildman–Crippen LogP) is 3.81. The molecular formula is C14H18N2. The van der Waals surface area contributed by atoms with E-state index in [1.165, 1.54) is 36.8 Å². The van der Waals surface area contributed by atoms with Crippen molar-refractivity contribution >= 4 is 0 Å². The van der Waals surface area contributed by atoms with Gasteiger partial charge >= 0.3 is 0 Å². The van der Waals surface area contributed by atoms with Gasteiger partial charge in [0, 0.05) is 0 Å². The summed E-state index contributed by atoms with van der Waals surface area (Å²) in [4.78, 5) is 7.14. The molecule has 1 aromatic carbocycles. The van der Waals surface area contributed by atoms with Crippen molar-refractivity contribution in [1.82, 2.24) is 9.97 Å². The van der Waals surface area contributed by atoms with E-state index in [1.54, 1.807) is 6.33 Å². The van der Waals surface area contributed by atoms with Crippen LogP contribution in [-0.4, -0.2) is 9.97 Å². The summed E-state index contributed by atoms with van der Waals surface area (Å²) in [5.74, 6) is 0. The molecule has 0 saturated carbocycles. The van der Waals surface area contributed by atoms with E-state index >= 15 is 0 Å². The largest absolute Gasteiger partial charge is 0.345 e. The second kappa shape index (κ2) is 5.50. The van der Waals surface area contributed by atoms with Crippen LogP contribution < -0.4 is 0 Å². The first kappa shape index (κ1) is 10.9. The highest BCUT2D eigenvalue weighted by atomic mass is 14.9. The highest BCUT2D eigenvalue weighted by Gasteiger charge is 1.98. The van der Waals surface area contributed by atoms with Crippen LogP contribution in [0.3, 0.4) is 0 Å². The fourth-order valence-corrected chi connectivity index (χ4v) is 1.84. The van der Waals surface area contributed by atoms with Crippen LogP contribution in [0.2, 0.25) is 0 Å². The van der Waals surface area contributed by atoms with Crippen molar-refractivity contribution in [2.24, 2.45) is 0 Å². The van der Waals surface area contributed by atoms with Gasteiger partial charge in [-0.05, 0) is 24.0 Å². The van der Waals surface area contributed by atoms with E-state index < -0.39 is 0 Å². The number of aryl methyl sites for hydroxylation is 1. The number of hydrogen-bond donors (Lipinski definition) is 1. The predicted molar refractivity (Wildman–Crippen MR) is 67.3 cm³/mol. The lowest BCUT2D eigenvalue weighted by molar-refractivity contribution is 0.717. The molecule has 0 aliphatic rings. The minimum atomic E-state index is 1.08. The van der Waals surface area contributed by atoms with E-state index in [4.69, 9.17) is 0 Å². The molecule has 0 aliphatic heterocycles. The summed E-state index contributed by atoms with van der Waals surface area (Å²) < 4.78 is 0. The molecular weight excluding hydrogens is 196 g/mol. The minimum absolute atomic E-state index is 1.08. The summed E-state index contributed by atoms with van der Waals surface area (Å²) in [6, 6.07) is 8.75. The smallest absolute Gasteiger partial charge is 0.0924 e. The maximum absolute atomic E-state index is 4.03. The third kappa shape index (κ3) is 2.72. The zero-order chi connectivity index (χ0) is 11.2. The molecule has 0 radical (unpaired) electrons. The van der Waals surface area contributed by atoms with Crippen LogP contribution in [0.25, 0.3) is 11.3 Å².